The van der Waals surface area contributed by atoms with Crippen LogP contribution in [0, 0.1) is 0 Å². The summed E-state index contributed by atoms with van der Waals surface area (Å²) in [7, 11) is 1.27. The van der Waals surface area contributed by atoms with Crippen molar-refractivity contribution in [2.24, 2.45) is 0 Å². The molecule has 0 aliphatic carbocycles. The Morgan fingerprint density at radius 2 is 1.96 bits per heavy atom. The van der Waals surface area contributed by atoms with E-state index in [0.29, 0.717) is 13.2 Å². The van der Waals surface area contributed by atoms with E-state index in [1.807, 2.05) is 30.3 Å². The van der Waals surface area contributed by atoms with Crippen molar-refractivity contribution in [2.75, 3.05) is 20.3 Å². The second kappa shape index (κ2) is 9.19. The number of nitrogens with one attached hydrogen (secondary N) is 1. The molecule has 0 bridgehead atoms. The van der Waals surface area contributed by atoms with Gasteiger partial charge in [0.25, 0.3) is 0 Å². The smallest absolute Gasteiger partial charge is 0.408 e. The lowest BCUT2D eigenvalue weighted by molar-refractivity contribution is -0.147. The van der Waals surface area contributed by atoms with Gasteiger partial charge in [0.15, 0.2) is 6.29 Å². The number of methoxy groups -OCH3 is 1. The minimum Gasteiger partial charge on any atom is -0.467 e. The van der Waals surface area contributed by atoms with E-state index < -0.39 is 23.9 Å². The van der Waals surface area contributed by atoms with Gasteiger partial charge in [-0.25, -0.2) is 9.59 Å². The van der Waals surface area contributed by atoms with Crippen LogP contribution < -0.4 is 5.32 Å². The topological polar surface area (TPSA) is 83.1 Å². The highest BCUT2D eigenvalue weighted by Gasteiger charge is 2.35. The van der Waals surface area contributed by atoms with Crippen molar-refractivity contribution in [3.8, 4) is 0 Å². The number of amides is 1. The Morgan fingerprint density at radius 1 is 1.28 bits per heavy atom. The lowest BCUT2D eigenvalue weighted by atomic mass is 9.98. The molecule has 136 valence electrons. The number of hydrogen-bond donors (Lipinski definition) is 1. The van der Waals surface area contributed by atoms with Gasteiger partial charge in [0, 0.05) is 0 Å². The minimum absolute atomic E-state index is 0.115. The van der Waals surface area contributed by atoms with Crippen molar-refractivity contribution in [1.82, 2.24) is 5.32 Å². The molecule has 25 heavy (non-hydrogen) atoms. The number of ether oxygens (including phenoxy) is 4. The third kappa shape index (κ3) is 5.88. The van der Waals surface area contributed by atoms with E-state index in [9.17, 15) is 9.59 Å². The Hall–Kier alpha value is -2.38. The lowest BCUT2D eigenvalue weighted by Gasteiger charge is -2.26. The van der Waals surface area contributed by atoms with Crippen LogP contribution in [0.15, 0.2) is 42.5 Å². The average molecular weight is 349 g/mol. The molecule has 0 spiro atoms. The molecule has 7 nitrogen and oxygen atoms in total. The SMILES string of the molecule is COC(=O)[C@](C)(C/C=C/C1OCCO1)NC(=O)OCc1ccccc1. The molecular formula is C18H23NO6. The number of esters is 1. The Morgan fingerprint density at radius 3 is 2.60 bits per heavy atom. The Bertz CT molecular complexity index is 597. The molecule has 1 atom stereocenters. The molecule has 1 N–H and O–H groups in total. The predicted molar refractivity (Wildman–Crippen MR) is 89.6 cm³/mol. The highest BCUT2D eigenvalue weighted by molar-refractivity contribution is 5.85. The number of alkyl carbamates (subject to hydrolysis) is 1. The van der Waals surface area contributed by atoms with Crippen LogP contribution in [0.5, 0.6) is 0 Å². The van der Waals surface area contributed by atoms with Gasteiger partial charge in [-0.15, -0.1) is 0 Å². The highest BCUT2D eigenvalue weighted by Crippen LogP contribution is 2.15. The van der Waals surface area contributed by atoms with Crippen molar-refractivity contribution in [1.29, 1.82) is 0 Å². The predicted octanol–water partition coefficient (Wildman–Crippen LogP) is 2.16. The summed E-state index contributed by atoms with van der Waals surface area (Å²) in [5.41, 5.74) is -0.398. The van der Waals surface area contributed by atoms with Crippen LogP contribution in [-0.2, 0) is 30.3 Å². The fraction of sp³-hybridized carbons (Fsp3) is 0.444. The number of rotatable bonds is 7. The zero-order valence-electron chi connectivity index (χ0n) is 14.4. The van der Waals surface area contributed by atoms with Crippen LogP contribution in [0.1, 0.15) is 18.9 Å². The molecule has 1 aromatic carbocycles. The van der Waals surface area contributed by atoms with Gasteiger partial charge >= 0.3 is 12.1 Å². The molecule has 1 fully saturated rings. The second-order valence-electron chi connectivity index (χ2n) is 5.75. The fourth-order valence-corrected chi connectivity index (χ4v) is 2.30. The summed E-state index contributed by atoms with van der Waals surface area (Å²) in [6.07, 6.45) is 2.50. The second-order valence-corrected chi connectivity index (χ2v) is 5.75. The molecule has 1 saturated heterocycles. The summed E-state index contributed by atoms with van der Waals surface area (Å²) in [5, 5.41) is 2.57. The van der Waals surface area contributed by atoms with Crippen molar-refractivity contribution in [2.45, 2.75) is 31.8 Å². The average Bonchev–Trinajstić information content (AvgIpc) is 3.13. The molecule has 1 aliphatic rings. The monoisotopic (exact) mass is 349 g/mol. The van der Waals surface area contributed by atoms with E-state index >= 15 is 0 Å². The van der Waals surface area contributed by atoms with Gasteiger partial charge in [-0.1, -0.05) is 36.4 Å². The first-order chi connectivity index (χ1) is 12.0. The van der Waals surface area contributed by atoms with Gasteiger partial charge in [-0.3, -0.25) is 0 Å². The molecule has 7 heteroatoms. The van der Waals surface area contributed by atoms with E-state index in [1.165, 1.54) is 7.11 Å². The van der Waals surface area contributed by atoms with Crippen LogP contribution in [-0.4, -0.2) is 44.2 Å². The number of hydrogen-bond acceptors (Lipinski definition) is 6. The maximum absolute atomic E-state index is 12.1. The van der Waals surface area contributed by atoms with E-state index in [4.69, 9.17) is 18.9 Å². The van der Waals surface area contributed by atoms with Gasteiger partial charge in [-0.2, -0.15) is 0 Å². The first-order valence-corrected chi connectivity index (χ1v) is 8.00. The molecule has 0 radical (unpaired) electrons. The van der Waals surface area contributed by atoms with Crippen molar-refractivity contribution in [3.63, 3.8) is 0 Å². The summed E-state index contributed by atoms with van der Waals surface area (Å²) in [6.45, 7) is 2.76. The molecule has 1 aromatic rings. The maximum atomic E-state index is 12.1. The Kier molecular flexibility index (Phi) is 6.97. The first-order valence-electron chi connectivity index (χ1n) is 8.00. The van der Waals surface area contributed by atoms with Gasteiger partial charge in [0.1, 0.15) is 12.1 Å². The van der Waals surface area contributed by atoms with Gasteiger partial charge in [-0.05, 0) is 25.0 Å². The summed E-state index contributed by atoms with van der Waals surface area (Å²) >= 11 is 0. The molecule has 1 heterocycles. The third-order valence-corrected chi connectivity index (χ3v) is 3.69. The highest BCUT2D eigenvalue weighted by atomic mass is 16.7. The van der Waals surface area contributed by atoms with E-state index in [2.05, 4.69) is 5.32 Å². The molecule has 2 rings (SSSR count). The summed E-state index contributed by atoms with van der Waals surface area (Å²) in [6, 6.07) is 9.27. The van der Waals surface area contributed by atoms with E-state index in [1.54, 1.807) is 19.1 Å². The summed E-state index contributed by atoms with van der Waals surface area (Å²) in [4.78, 5) is 24.1. The third-order valence-electron chi connectivity index (χ3n) is 3.69. The Labute approximate surface area is 146 Å². The van der Waals surface area contributed by atoms with Crippen LogP contribution in [0.25, 0.3) is 0 Å². The molecule has 1 aliphatic heterocycles. The van der Waals surface area contributed by atoms with Crippen LogP contribution in [0.3, 0.4) is 0 Å². The number of carbonyl (C=O) groups is 2. The standard InChI is InChI=1S/C18H23NO6/c1-18(16(20)22-2,10-6-9-15-23-11-12-24-15)19-17(21)25-13-14-7-4-3-5-8-14/h3-9,15H,10-13H2,1-2H3,(H,19,21)/b9-6+/t18-/m0/s1. The van der Waals surface area contributed by atoms with Gasteiger partial charge in [0.2, 0.25) is 0 Å². The molecule has 0 unspecified atom stereocenters. The van der Waals surface area contributed by atoms with Crippen molar-refractivity contribution in [3.05, 3.63) is 48.0 Å². The van der Waals surface area contributed by atoms with Gasteiger partial charge < -0.3 is 24.3 Å². The van der Waals surface area contributed by atoms with Gasteiger partial charge in [0.05, 0.1) is 20.3 Å². The normalized spacial score (nSPS) is 17.2. The van der Waals surface area contributed by atoms with Crippen molar-refractivity contribution >= 4 is 12.1 Å². The zero-order valence-corrected chi connectivity index (χ0v) is 14.4. The largest absolute Gasteiger partial charge is 0.467 e. The maximum Gasteiger partial charge on any atom is 0.408 e. The van der Waals surface area contributed by atoms with Crippen LogP contribution >= 0.6 is 0 Å². The first kappa shape index (κ1) is 19.0. The van der Waals surface area contributed by atoms with E-state index in [-0.39, 0.29) is 13.0 Å². The summed E-state index contributed by atoms with van der Waals surface area (Å²) < 4.78 is 20.5. The van der Waals surface area contributed by atoms with E-state index in [0.717, 1.165) is 5.56 Å². The minimum atomic E-state index is -1.25. The van der Waals surface area contributed by atoms with Crippen LogP contribution in [0.2, 0.25) is 0 Å². The molecule has 0 saturated carbocycles. The number of carbonyl (C=O) groups excluding carboxylic acids is 2. The zero-order chi connectivity index (χ0) is 18.1. The quantitative estimate of drug-likeness (QED) is 0.600. The molecule has 0 aromatic heterocycles. The summed E-state index contributed by atoms with van der Waals surface area (Å²) in [5.74, 6) is -0.568. The van der Waals surface area contributed by atoms with Crippen LogP contribution in [0.4, 0.5) is 4.79 Å². The molecule has 1 amide bonds. The number of benzene rings is 1. The van der Waals surface area contributed by atoms with Crippen molar-refractivity contribution < 1.29 is 28.5 Å². The fourth-order valence-electron chi connectivity index (χ4n) is 2.30. The Balaban J connectivity index is 1.90. The molecular weight excluding hydrogens is 326 g/mol. The lowest BCUT2D eigenvalue weighted by Crippen LogP contribution is -2.52.